The third-order valence-electron chi connectivity index (χ3n) is 1.93. The Kier molecular flexibility index (Phi) is 6.33. The molecular weight excluding hydrogens is 224 g/mol. The van der Waals surface area contributed by atoms with Crippen LogP contribution >= 0.6 is 12.2 Å². The number of rotatable bonds is 5. The number of nitrogens with one attached hydrogen (secondary N) is 1. The van der Waals surface area contributed by atoms with Gasteiger partial charge in [-0.1, -0.05) is 25.6 Å². The van der Waals surface area contributed by atoms with E-state index in [0.29, 0.717) is 11.5 Å². The molecule has 0 spiro atoms. The van der Waals surface area contributed by atoms with Crippen molar-refractivity contribution in [3.8, 4) is 0 Å². The van der Waals surface area contributed by atoms with E-state index in [2.05, 4.69) is 12.2 Å². The molecule has 0 heterocycles. The fourth-order valence-corrected chi connectivity index (χ4v) is 1.42. The first-order valence-corrected chi connectivity index (χ1v) is 5.93. The Morgan fingerprint density at radius 1 is 1.50 bits per heavy atom. The van der Waals surface area contributed by atoms with E-state index in [1.165, 1.54) is 0 Å². The van der Waals surface area contributed by atoms with Crippen molar-refractivity contribution in [2.75, 3.05) is 6.54 Å². The summed E-state index contributed by atoms with van der Waals surface area (Å²) >= 11 is 4.93. The van der Waals surface area contributed by atoms with Gasteiger partial charge in [-0.3, -0.25) is 0 Å². The van der Waals surface area contributed by atoms with Gasteiger partial charge in [0, 0.05) is 12.5 Å². The molecule has 1 unspecified atom stereocenters. The fraction of sp³-hybridized carbons (Fsp3) is 0.818. The summed E-state index contributed by atoms with van der Waals surface area (Å²) in [6, 6.07) is 0. The molecule has 3 N–H and O–H groups in total. The number of carbonyl (C=O) groups is 1. The fourth-order valence-electron chi connectivity index (χ4n) is 1.21. The first-order valence-electron chi connectivity index (χ1n) is 5.52. The van der Waals surface area contributed by atoms with Crippen molar-refractivity contribution in [2.45, 2.75) is 46.1 Å². The molecule has 4 nitrogen and oxygen atoms in total. The summed E-state index contributed by atoms with van der Waals surface area (Å²) in [5.41, 5.74) is 5.10. The largest absolute Gasteiger partial charge is 0.444 e. The van der Waals surface area contributed by atoms with E-state index in [4.69, 9.17) is 22.7 Å². The van der Waals surface area contributed by atoms with Crippen LogP contribution in [0.3, 0.4) is 0 Å². The lowest BCUT2D eigenvalue weighted by Crippen LogP contribution is -2.38. The quantitative estimate of drug-likeness (QED) is 0.730. The van der Waals surface area contributed by atoms with E-state index >= 15 is 0 Å². The van der Waals surface area contributed by atoms with Crippen LogP contribution in [0.15, 0.2) is 0 Å². The Morgan fingerprint density at radius 2 is 2.06 bits per heavy atom. The minimum atomic E-state index is -0.479. The molecule has 5 heteroatoms. The summed E-state index contributed by atoms with van der Waals surface area (Å²) in [6.07, 6.45) is 1.44. The van der Waals surface area contributed by atoms with Gasteiger partial charge in [-0.25, -0.2) is 4.79 Å². The summed E-state index contributed by atoms with van der Waals surface area (Å²) in [5.74, 6) is 0.0486. The van der Waals surface area contributed by atoms with Crippen LogP contribution in [0.2, 0.25) is 0 Å². The zero-order valence-corrected chi connectivity index (χ0v) is 11.3. The molecule has 0 aromatic heterocycles. The lowest BCUT2D eigenvalue weighted by atomic mass is 10.0. The highest BCUT2D eigenvalue weighted by molar-refractivity contribution is 7.80. The second-order valence-corrected chi connectivity index (χ2v) is 5.24. The molecule has 0 bridgehead atoms. The SMILES string of the molecule is CCCC(CNC(=O)OC(C)(C)C)C(N)=S. The summed E-state index contributed by atoms with van der Waals surface area (Å²) < 4.78 is 5.11. The average molecular weight is 246 g/mol. The Labute approximate surface area is 103 Å². The monoisotopic (exact) mass is 246 g/mol. The van der Waals surface area contributed by atoms with Crippen molar-refractivity contribution in [1.29, 1.82) is 0 Å². The average Bonchev–Trinajstić information content (AvgIpc) is 2.08. The number of amides is 1. The first-order chi connectivity index (χ1) is 7.26. The smallest absolute Gasteiger partial charge is 0.407 e. The summed E-state index contributed by atoms with van der Waals surface area (Å²) in [6.45, 7) is 7.97. The first kappa shape index (κ1) is 15.2. The van der Waals surface area contributed by atoms with Crippen molar-refractivity contribution in [3.05, 3.63) is 0 Å². The van der Waals surface area contributed by atoms with Crippen molar-refractivity contribution < 1.29 is 9.53 Å². The van der Waals surface area contributed by atoms with Gasteiger partial charge in [0.25, 0.3) is 0 Å². The zero-order valence-electron chi connectivity index (χ0n) is 10.5. The van der Waals surface area contributed by atoms with Crippen LogP contribution in [-0.4, -0.2) is 23.2 Å². The van der Waals surface area contributed by atoms with Crippen LogP contribution in [0.1, 0.15) is 40.5 Å². The molecule has 0 saturated carbocycles. The zero-order chi connectivity index (χ0) is 12.8. The van der Waals surface area contributed by atoms with Gasteiger partial charge in [0.05, 0.1) is 4.99 Å². The summed E-state index contributed by atoms with van der Waals surface area (Å²) in [5, 5.41) is 2.68. The highest BCUT2D eigenvalue weighted by Gasteiger charge is 2.18. The topological polar surface area (TPSA) is 64.3 Å². The highest BCUT2D eigenvalue weighted by Crippen LogP contribution is 2.08. The number of ether oxygens (including phenoxy) is 1. The molecule has 16 heavy (non-hydrogen) atoms. The molecule has 0 aromatic rings. The Morgan fingerprint density at radius 3 is 2.44 bits per heavy atom. The number of nitrogens with two attached hydrogens (primary N) is 1. The van der Waals surface area contributed by atoms with Crippen LogP contribution in [0.5, 0.6) is 0 Å². The Bertz CT molecular complexity index is 249. The van der Waals surface area contributed by atoms with E-state index in [-0.39, 0.29) is 5.92 Å². The minimum absolute atomic E-state index is 0.0486. The second kappa shape index (κ2) is 6.68. The van der Waals surface area contributed by atoms with Crippen LogP contribution < -0.4 is 11.1 Å². The Balaban J connectivity index is 4.01. The predicted octanol–water partition coefficient (Wildman–Crippen LogP) is 2.21. The van der Waals surface area contributed by atoms with Crippen molar-refractivity contribution in [1.82, 2.24) is 5.32 Å². The summed E-state index contributed by atoms with van der Waals surface area (Å²) in [7, 11) is 0. The molecule has 0 saturated heterocycles. The molecule has 0 aliphatic rings. The molecule has 0 radical (unpaired) electrons. The number of hydrogen-bond acceptors (Lipinski definition) is 3. The van der Waals surface area contributed by atoms with Gasteiger partial charge in [0.1, 0.15) is 5.60 Å². The van der Waals surface area contributed by atoms with Gasteiger partial charge in [-0.15, -0.1) is 0 Å². The van der Waals surface area contributed by atoms with Gasteiger partial charge < -0.3 is 15.8 Å². The molecule has 94 valence electrons. The molecule has 0 fully saturated rings. The molecule has 0 aromatic carbocycles. The van der Waals surface area contributed by atoms with Crippen LogP contribution in [0, 0.1) is 5.92 Å². The number of thiocarbonyl (C=S) groups is 1. The third kappa shape index (κ3) is 7.45. The lowest BCUT2D eigenvalue weighted by molar-refractivity contribution is 0.0523. The maximum Gasteiger partial charge on any atom is 0.407 e. The van der Waals surface area contributed by atoms with Crippen molar-refractivity contribution >= 4 is 23.3 Å². The van der Waals surface area contributed by atoms with E-state index in [0.717, 1.165) is 12.8 Å². The van der Waals surface area contributed by atoms with Crippen LogP contribution in [0.25, 0.3) is 0 Å². The van der Waals surface area contributed by atoms with Gasteiger partial charge in [-0.05, 0) is 27.2 Å². The van der Waals surface area contributed by atoms with Gasteiger partial charge in [0.2, 0.25) is 0 Å². The number of carbonyl (C=O) groups excluding carboxylic acids is 1. The van der Waals surface area contributed by atoms with Gasteiger partial charge in [0.15, 0.2) is 0 Å². The summed E-state index contributed by atoms with van der Waals surface area (Å²) in [4.78, 5) is 11.8. The van der Waals surface area contributed by atoms with E-state index in [1.807, 2.05) is 20.8 Å². The molecule has 0 rings (SSSR count). The second-order valence-electron chi connectivity index (χ2n) is 4.77. The minimum Gasteiger partial charge on any atom is -0.444 e. The maximum absolute atomic E-state index is 11.4. The van der Waals surface area contributed by atoms with Crippen molar-refractivity contribution in [3.63, 3.8) is 0 Å². The normalized spacial score (nSPS) is 13.0. The maximum atomic E-state index is 11.4. The van der Waals surface area contributed by atoms with E-state index in [9.17, 15) is 4.79 Å². The van der Waals surface area contributed by atoms with Crippen LogP contribution in [0.4, 0.5) is 4.79 Å². The van der Waals surface area contributed by atoms with E-state index < -0.39 is 11.7 Å². The standard InChI is InChI=1S/C11H22N2O2S/c1-5-6-8(9(12)16)7-13-10(14)15-11(2,3)4/h8H,5-7H2,1-4H3,(H2,12,16)(H,13,14). The Hall–Kier alpha value is -0.840. The van der Waals surface area contributed by atoms with Crippen LogP contribution in [-0.2, 0) is 4.74 Å². The molecule has 0 aliphatic heterocycles. The molecule has 1 amide bonds. The van der Waals surface area contributed by atoms with Gasteiger partial charge in [-0.2, -0.15) is 0 Å². The number of alkyl carbamates (subject to hydrolysis) is 1. The lowest BCUT2D eigenvalue weighted by Gasteiger charge is -2.21. The van der Waals surface area contributed by atoms with Crippen molar-refractivity contribution in [2.24, 2.45) is 11.7 Å². The number of hydrogen-bond donors (Lipinski definition) is 2. The third-order valence-corrected chi connectivity index (χ3v) is 2.26. The predicted molar refractivity (Wildman–Crippen MR) is 69.4 cm³/mol. The van der Waals surface area contributed by atoms with E-state index in [1.54, 1.807) is 0 Å². The molecule has 1 atom stereocenters. The highest BCUT2D eigenvalue weighted by atomic mass is 32.1. The molecule has 0 aliphatic carbocycles. The van der Waals surface area contributed by atoms with Gasteiger partial charge >= 0.3 is 6.09 Å². The molecular formula is C11H22N2O2S.